The number of hydrogen-bond donors (Lipinski definition) is 2. The van der Waals surface area contributed by atoms with Gasteiger partial charge in [0.05, 0.1) is 12.3 Å². The number of hydrogen-bond acceptors (Lipinski definition) is 5. The zero-order valence-corrected chi connectivity index (χ0v) is 13.3. The van der Waals surface area contributed by atoms with Crippen molar-refractivity contribution in [1.29, 1.82) is 0 Å². The van der Waals surface area contributed by atoms with Crippen LogP contribution in [-0.4, -0.2) is 30.6 Å². The second-order valence-electron chi connectivity index (χ2n) is 4.87. The highest BCUT2D eigenvalue weighted by molar-refractivity contribution is 7.21. The number of pyridine rings is 1. The van der Waals surface area contributed by atoms with Crippen LogP contribution in [0.4, 0.5) is 5.69 Å². The Balaban J connectivity index is 1.97. The standard InChI is InChI=1S/C15H21N3O2S/c1-3-4-8-20-9-7-17-14(19)13-12(16)11-10(2)5-6-18-15(11)21-13/h5-6H,3-4,7-9,16H2,1-2H3,(H,17,19). The summed E-state index contributed by atoms with van der Waals surface area (Å²) < 4.78 is 5.41. The maximum Gasteiger partial charge on any atom is 0.263 e. The van der Waals surface area contributed by atoms with Gasteiger partial charge in [0.25, 0.3) is 5.91 Å². The molecule has 6 heteroatoms. The van der Waals surface area contributed by atoms with Crippen LogP contribution in [0.1, 0.15) is 35.0 Å². The van der Waals surface area contributed by atoms with Gasteiger partial charge in [-0.15, -0.1) is 11.3 Å². The van der Waals surface area contributed by atoms with Crippen LogP contribution in [0.15, 0.2) is 12.3 Å². The van der Waals surface area contributed by atoms with Gasteiger partial charge in [0.1, 0.15) is 9.71 Å². The third kappa shape index (κ3) is 3.71. The first kappa shape index (κ1) is 15.7. The Hall–Kier alpha value is -1.66. The molecule has 5 nitrogen and oxygen atoms in total. The molecule has 0 unspecified atom stereocenters. The van der Waals surface area contributed by atoms with Crippen LogP contribution in [0.3, 0.4) is 0 Å². The number of anilines is 1. The molecule has 3 N–H and O–H groups in total. The number of ether oxygens (including phenoxy) is 1. The molecule has 114 valence electrons. The molecule has 0 fully saturated rings. The number of nitrogens with zero attached hydrogens (tertiary/aromatic N) is 1. The van der Waals surface area contributed by atoms with E-state index in [1.165, 1.54) is 11.3 Å². The van der Waals surface area contributed by atoms with Gasteiger partial charge in [-0.2, -0.15) is 0 Å². The number of carbonyl (C=O) groups is 1. The summed E-state index contributed by atoms with van der Waals surface area (Å²) in [5, 5.41) is 3.72. The first-order valence-corrected chi connectivity index (χ1v) is 7.96. The smallest absolute Gasteiger partial charge is 0.263 e. The molecule has 2 aromatic rings. The molecule has 0 bridgehead atoms. The monoisotopic (exact) mass is 307 g/mol. The number of nitrogen functional groups attached to an aromatic ring is 1. The molecule has 0 radical (unpaired) electrons. The lowest BCUT2D eigenvalue weighted by Gasteiger charge is -2.05. The fourth-order valence-corrected chi connectivity index (χ4v) is 3.09. The van der Waals surface area contributed by atoms with Crippen LogP contribution in [-0.2, 0) is 4.74 Å². The number of nitrogens with two attached hydrogens (primary N) is 1. The number of aromatic nitrogens is 1. The summed E-state index contributed by atoms with van der Waals surface area (Å²) in [4.78, 5) is 17.8. The summed E-state index contributed by atoms with van der Waals surface area (Å²) in [6.07, 6.45) is 3.88. The van der Waals surface area contributed by atoms with Crippen LogP contribution in [0.5, 0.6) is 0 Å². The van der Waals surface area contributed by atoms with E-state index < -0.39 is 0 Å². The Morgan fingerprint density at radius 3 is 3.00 bits per heavy atom. The Kier molecular flexibility index (Phi) is 5.52. The second kappa shape index (κ2) is 7.38. The van der Waals surface area contributed by atoms with Crippen LogP contribution >= 0.6 is 11.3 Å². The lowest BCUT2D eigenvalue weighted by atomic mass is 10.2. The van der Waals surface area contributed by atoms with Gasteiger partial charge in [0.15, 0.2) is 0 Å². The van der Waals surface area contributed by atoms with E-state index in [-0.39, 0.29) is 5.91 Å². The number of aryl methyl sites for hydroxylation is 1. The molecule has 0 aliphatic carbocycles. The van der Waals surface area contributed by atoms with Gasteiger partial charge in [-0.1, -0.05) is 13.3 Å². The number of unbranched alkanes of at least 4 members (excludes halogenated alkanes) is 1. The summed E-state index contributed by atoms with van der Waals surface area (Å²) in [7, 11) is 0. The van der Waals surface area contributed by atoms with E-state index in [2.05, 4.69) is 17.2 Å². The first-order chi connectivity index (χ1) is 10.1. The topological polar surface area (TPSA) is 77.2 Å². The third-order valence-corrected chi connectivity index (χ3v) is 4.33. The quantitative estimate of drug-likeness (QED) is 0.771. The van der Waals surface area contributed by atoms with Crippen molar-refractivity contribution in [2.75, 3.05) is 25.5 Å². The predicted octanol–water partition coefficient (Wildman–Crippen LogP) is 2.73. The van der Waals surface area contributed by atoms with Crippen molar-refractivity contribution in [3.05, 3.63) is 22.7 Å². The fraction of sp³-hybridized carbons (Fsp3) is 0.467. The number of nitrogens with one attached hydrogen (secondary N) is 1. The van der Waals surface area contributed by atoms with Crippen LogP contribution in [0.25, 0.3) is 10.2 Å². The molecular formula is C15H21N3O2S. The maximum absolute atomic E-state index is 12.2. The molecule has 0 atom stereocenters. The van der Waals surface area contributed by atoms with E-state index in [0.717, 1.165) is 35.2 Å². The summed E-state index contributed by atoms with van der Waals surface area (Å²) in [5.41, 5.74) is 7.65. The largest absolute Gasteiger partial charge is 0.397 e. The molecular weight excluding hydrogens is 286 g/mol. The zero-order chi connectivity index (χ0) is 15.2. The van der Waals surface area contributed by atoms with E-state index >= 15 is 0 Å². The van der Waals surface area contributed by atoms with E-state index in [4.69, 9.17) is 10.5 Å². The minimum atomic E-state index is -0.158. The average Bonchev–Trinajstić information content (AvgIpc) is 2.81. The minimum Gasteiger partial charge on any atom is -0.397 e. The van der Waals surface area contributed by atoms with Gasteiger partial charge in [-0.05, 0) is 25.0 Å². The highest BCUT2D eigenvalue weighted by Gasteiger charge is 2.17. The SMILES string of the molecule is CCCCOCCNC(=O)c1sc2nccc(C)c2c1N. The molecule has 0 saturated heterocycles. The highest BCUT2D eigenvalue weighted by Crippen LogP contribution is 2.34. The first-order valence-electron chi connectivity index (χ1n) is 7.14. The summed E-state index contributed by atoms with van der Waals surface area (Å²) in [5.74, 6) is -0.158. The van der Waals surface area contributed by atoms with Crippen LogP contribution in [0, 0.1) is 6.92 Å². The van der Waals surface area contributed by atoms with E-state index in [9.17, 15) is 4.79 Å². The van der Waals surface area contributed by atoms with Crippen molar-refractivity contribution >= 4 is 33.1 Å². The molecule has 0 spiro atoms. The van der Waals surface area contributed by atoms with Gasteiger partial charge in [0, 0.05) is 24.7 Å². The van der Waals surface area contributed by atoms with Crippen molar-refractivity contribution in [3.8, 4) is 0 Å². The Morgan fingerprint density at radius 2 is 2.29 bits per heavy atom. The summed E-state index contributed by atoms with van der Waals surface area (Å²) in [6.45, 7) is 5.83. The van der Waals surface area contributed by atoms with Crippen LogP contribution in [0.2, 0.25) is 0 Å². The molecule has 0 aromatic carbocycles. The van der Waals surface area contributed by atoms with Gasteiger partial charge < -0.3 is 15.8 Å². The second-order valence-corrected chi connectivity index (χ2v) is 5.87. The average molecular weight is 307 g/mol. The number of rotatable bonds is 7. The molecule has 1 amide bonds. The lowest BCUT2D eigenvalue weighted by Crippen LogP contribution is -2.27. The fourth-order valence-electron chi connectivity index (χ4n) is 2.04. The number of thiophene rings is 1. The van der Waals surface area contributed by atoms with Crippen molar-refractivity contribution in [2.45, 2.75) is 26.7 Å². The molecule has 0 saturated carbocycles. The number of fused-ring (bicyclic) bond motifs is 1. The zero-order valence-electron chi connectivity index (χ0n) is 12.4. The number of amides is 1. The highest BCUT2D eigenvalue weighted by atomic mass is 32.1. The molecule has 21 heavy (non-hydrogen) atoms. The summed E-state index contributed by atoms with van der Waals surface area (Å²) in [6, 6.07) is 1.90. The van der Waals surface area contributed by atoms with Crippen molar-refractivity contribution in [2.24, 2.45) is 0 Å². The van der Waals surface area contributed by atoms with Gasteiger partial charge in [-0.3, -0.25) is 4.79 Å². The normalized spacial score (nSPS) is 11.0. The Labute approximate surface area is 128 Å². The van der Waals surface area contributed by atoms with Crippen molar-refractivity contribution in [3.63, 3.8) is 0 Å². The molecule has 2 heterocycles. The lowest BCUT2D eigenvalue weighted by molar-refractivity contribution is 0.0917. The number of carbonyl (C=O) groups excluding carboxylic acids is 1. The van der Waals surface area contributed by atoms with Crippen LogP contribution < -0.4 is 11.1 Å². The third-order valence-electron chi connectivity index (χ3n) is 3.22. The summed E-state index contributed by atoms with van der Waals surface area (Å²) >= 11 is 1.33. The van der Waals surface area contributed by atoms with E-state index in [1.807, 2.05) is 13.0 Å². The molecule has 0 aliphatic rings. The van der Waals surface area contributed by atoms with E-state index in [1.54, 1.807) is 6.20 Å². The van der Waals surface area contributed by atoms with Gasteiger partial charge in [0.2, 0.25) is 0 Å². The van der Waals surface area contributed by atoms with Crippen molar-refractivity contribution in [1.82, 2.24) is 10.3 Å². The van der Waals surface area contributed by atoms with Gasteiger partial charge >= 0.3 is 0 Å². The molecule has 2 aromatic heterocycles. The molecule has 2 rings (SSSR count). The Bertz CT molecular complexity index is 625. The molecule has 0 aliphatic heterocycles. The minimum absolute atomic E-state index is 0.158. The van der Waals surface area contributed by atoms with E-state index in [0.29, 0.717) is 23.7 Å². The maximum atomic E-state index is 12.2. The predicted molar refractivity (Wildman–Crippen MR) is 86.8 cm³/mol. The Morgan fingerprint density at radius 1 is 1.48 bits per heavy atom. The van der Waals surface area contributed by atoms with Gasteiger partial charge in [-0.25, -0.2) is 4.98 Å². The van der Waals surface area contributed by atoms with Crippen molar-refractivity contribution < 1.29 is 9.53 Å².